The molecule has 2 amide bonds. The molecule has 4 rings (SSSR count). The largest absolute Gasteiger partial charge is 0.393 e. The highest BCUT2D eigenvalue weighted by Crippen LogP contribution is 2.40. The number of fused-ring (bicyclic) bond motifs is 1. The lowest BCUT2D eigenvalue weighted by Gasteiger charge is -2.36. The highest BCUT2D eigenvalue weighted by atomic mass is 35.5. The van der Waals surface area contributed by atoms with Crippen LogP contribution in [0.15, 0.2) is 30.5 Å². The van der Waals surface area contributed by atoms with Gasteiger partial charge in [-0.2, -0.15) is 0 Å². The van der Waals surface area contributed by atoms with Gasteiger partial charge < -0.3 is 15.1 Å². The molecule has 0 aliphatic carbocycles. The zero-order chi connectivity index (χ0) is 22.2. The van der Waals surface area contributed by atoms with Gasteiger partial charge in [0.05, 0.1) is 27.5 Å². The molecule has 7 nitrogen and oxygen atoms in total. The molecule has 1 aromatic carbocycles. The lowest BCUT2D eigenvalue weighted by atomic mass is 9.89. The zero-order valence-corrected chi connectivity index (χ0v) is 17.8. The lowest BCUT2D eigenvalue weighted by Crippen LogP contribution is -2.45. The van der Waals surface area contributed by atoms with Gasteiger partial charge in [0.25, 0.3) is 0 Å². The SMILES string of the molecule is O=C(Nc1nc2ccc(F)cc2s1)N1CCC(F)(c2ncc(C(O)CO)cc2Cl)CC1. The Hall–Kier alpha value is -2.40. The van der Waals surface area contributed by atoms with Gasteiger partial charge in [-0.05, 0) is 24.3 Å². The number of nitrogens with one attached hydrogen (secondary N) is 1. The number of anilines is 1. The van der Waals surface area contributed by atoms with E-state index in [0.29, 0.717) is 20.9 Å². The third-order valence-electron chi connectivity index (χ3n) is 5.25. The quantitative estimate of drug-likeness (QED) is 0.537. The Bertz CT molecular complexity index is 1120. The summed E-state index contributed by atoms with van der Waals surface area (Å²) in [7, 11) is 0. The molecular formula is C20H19ClF2N4O3S. The fourth-order valence-electron chi connectivity index (χ4n) is 3.49. The summed E-state index contributed by atoms with van der Waals surface area (Å²) in [4.78, 5) is 22.4. The van der Waals surface area contributed by atoms with Crippen LogP contribution in [0.2, 0.25) is 5.02 Å². The number of hydrogen-bond acceptors (Lipinski definition) is 6. The molecule has 11 heteroatoms. The molecule has 1 atom stereocenters. The summed E-state index contributed by atoms with van der Waals surface area (Å²) < 4.78 is 29.5. The van der Waals surface area contributed by atoms with Gasteiger partial charge >= 0.3 is 6.03 Å². The number of halogens is 3. The summed E-state index contributed by atoms with van der Waals surface area (Å²) in [5.74, 6) is -0.379. The molecule has 164 valence electrons. The first-order chi connectivity index (χ1) is 14.8. The first-order valence-electron chi connectivity index (χ1n) is 9.55. The molecule has 0 radical (unpaired) electrons. The molecule has 31 heavy (non-hydrogen) atoms. The molecule has 3 N–H and O–H groups in total. The van der Waals surface area contributed by atoms with Crippen molar-refractivity contribution in [1.29, 1.82) is 0 Å². The number of benzene rings is 1. The minimum atomic E-state index is -1.82. The van der Waals surface area contributed by atoms with Crippen LogP contribution < -0.4 is 5.32 Å². The van der Waals surface area contributed by atoms with Crippen LogP contribution in [-0.2, 0) is 5.67 Å². The second-order valence-electron chi connectivity index (χ2n) is 7.31. The molecule has 2 aromatic heterocycles. The Morgan fingerprint density at radius 2 is 2.10 bits per heavy atom. The van der Waals surface area contributed by atoms with Crippen LogP contribution in [0.5, 0.6) is 0 Å². The van der Waals surface area contributed by atoms with Crippen molar-refractivity contribution in [2.45, 2.75) is 24.6 Å². The number of carbonyl (C=O) groups is 1. The number of carbonyl (C=O) groups excluding carboxylic acids is 1. The number of pyridine rings is 1. The van der Waals surface area contributed by atoms with E-state index in [0.717, 1.165) is 11.3 Å². The second kappa shape index (κ2) is 8.62. The topological polar surface area (TPSA) is 98.6 Å². The number of aromatic nitrogens is 2. The predicted molar refractivity (Wildman–Crippen MR) is 113 cm³/mol. The van der Waals surface area contributed by atoms with Gasteiger partial charge in [-0.15, -0.1) is 0 Å². The van der Waals surface area contributed by atoms with Gasteiger partial charge in [0.2, 0.25) is 0 Å². The maximum Gasteiger partial charge on any atom is 0.323 e. The molecule has 1 aliphatic heterocycles. The van der Waals surface area contributed by atoms with E-state index >= 15 is 4.39 Å². The monoisotopic (exact) mass is 468 g/mol. The highest BCUT2D eigenvalue weighted by molar-refractivity contribution is 7.22. The smallest absolute Gasteiger partial charge is 0.323 e. The number of nitrogens with zero attached hydrogens (tertiary/aromatic N) is 3. The molecule has 3 heterocycles. The predicted octanol–water partition coefficient (Wildman–Crippen LogP) is 4.00. The molecule has 1 saturated heterocycles. The van der Waals surface area contributed by atoms with Gasteiger partial charge in [-0.1, -0.05) is 22.9 Å². The van der Waals surface area contributed by atoms with Crippen LogP contribution in [0.25, 0.3) is 10.2 Å². The Kier molecular flexibility index (Phi) is 6.07. The fourth-order valence-corrected chi connectivity index (χ4v) is 4.72. The normalized spacial score (nSPS) is 17.0. The lowest BCUT2D eigenvalue weighted by molar-refractivity contribution is 0.0679. The van der Waals surface area contributed by atoms with E-state index in [1.807, 2.05) is 0 Å². The Balaban J connectivity index is 1.41. The molecule has 3 aromatic rings. The van der Waals surface area contributed by atoms with Crippen LogP contribution in [0.4, 0.5) is 18.7 Å². The van der Waals surface area contributed by atoms with Gasteiger partial charge in [0.1, 0.15) is 11.9 Å². The molecule has 0 bridgehead atoms. The first kappa shape index (κ1) is 21.8. The van der Waals surface area contributed by atoms with Crippen molar-refractivity contribution >= 4 is 44.3 Å². The number of alkyl halides is 1. The van der Waals surface area contributed by atoms with E-state index in [2.05, 4.69) is 15.3 Å². The number of rotatable bonds is 4. The Labute approximate surface area is 185 Å². The Morgan fingerprint density at radius 3 is 2.77 bits per heavy atom. The third-order valence-corrected chi connectivity index (χ3v) is 6.47. The number of likely N-dealkylation sites (tertiary alicyclic amines) is 1. The summed E-state index contributed by atoms with van der Waals surface area (Å²) in [5, 5.41) is 21.8. The molecule has 1 unspecified atom stereocenters. The maximum atomic E-state index is 15.6. The van der Waals surface area contributed by atoms with Crippen molar-refractivity contribution in [3.8, 4) is 0 Å². The van der Waals surface area contributed by atoms with E-state index in [9.17, 15) is 14.3 Å². The fraction of sp³-hybridized carbons (Fsp3) is 0.350. The number of hydrogen-bond donors (Lipinski definition) is 3. The van der Waals surface area contributed by atoms with Crippen LogP contribution >= 0.6 is 22.9 Å². The Morgan fingerprint density at radius 1 is 1.35 bits per heavy atom. The van der Waals surface area contributed by atoms with Gasteiger partial charge in [-0.25, -0.2) is 18.6 Å². The standard InChI is InChI=1S/C20H19ClF2N4O3S/c21-13-7-11(15(29)10-28)9-24-17(13)20(23)3-5-27(6-4-20)19(30)26-18-25-14-2-1-12(22)8-16(14)31-18/h1-2,7-9,15,28-29H,3-6,10H2,(H,25,26,30). The van der Waals surface area contributed by atoms with Gasteiger partial charge in [-0.3, -0.25) is 10.3 Å². The van der Waals surface area contributed by atoms with Crippen molar-refractivity contribution in [2.75, 3.05) is 25.0 Å². The number of aliphatic hydroxyl groups is 2. The van der Waals surface area contributed by atoms with Gasteiger partial charge in [0.15, 0.2) is 10.8 Å². The van der Waals surface area contributed by atoms with E-state index in [1.54, 1.807) is 0 Å². The minimum absolute atomic E-state index is 0.0000953. The van der Waals surface area contributed by atoms with E-state index in [1.165, 1.54) is 35.4 Å². The first-order valence-corrected chi connectivity index (χ1v) is 10.7. The third kappa shape index (κ3) is 4.47. The van der Waals surface area contributed by atoms with Crippen molar-refractivity contribution in [1.82, 2.24) is 14.9 Å². The minimum Gasteiger partial charge on any atom is -0.393 e. The van der Waals surface area contributed by atoms with E-state index < -0.39 is 24.4 Å². The molecule has 1 aliphatic rings. The van der Waals surface area contributed by atoms with Crippen LogP contribution in [-0.4, -0.2) is 50.8 Å². The molecule has 1 fully saturated rings. The number of urea groups is 1. The molecule has 0 spiro atoms. The number of amides is 2. The van der Waals surface area contributed by atoms with Crippen LogP contribution in [0.3, 0.4) is 0 Å². The number of piperidine rings is 1. The average molecular weight is 469 g/mol. The van der Waals surface area contributed by atoms with Crippen molar-refractivity contribution < 1.29 is 23.8 Å². The summed E-state index contributed by atoms with van der Waals surface area (Å²) in [5.41, 5.74) is -0.883. The second-order valence-corrected chi connectivity index (χ2v) is 8.75. The van der Waals surface area contributed by atoms with Gasteiger partial charge in [0, 0.05) is 37.7 Å². The van der Waals surface area contributed by atoms with E-state index in [-0.39, 0.29) is 42.5 Å². The van der Waals surface area contributed by atoms with Crippen LogP contribution in [0, 0.1) is 5.82 Å². The van der Waals surface area contributed by atoms with Crippen molar-refractivity contribution in [3.63, 3.8) is 0 Å². The van der Waals surface area contributed by atoms with Crippen molar-refractivity contribution in [3.05, 3.63) is 52.6 Å². The summed E-state index contributed by atoms with van der Waals surface area (Å²) in [6, 6.07) is 5.16. The zero-order valence-electron chi connectivity index (χ0n) is 16.2. The van der Waals surface area contributed by atoms with Crippen LogP contribution in [0.1, 0.15) is 30.2 Å². The van der Waals surface area contributed by atoms with Crippen molar-refractivity contribution in [2.24, 2.45) is 0 Å². The summed E-state index contributed by atoms with van der Waals surface area (Å²) >= 11 is 7.35. The average Bonchev–Trinajstić information content (AvgIpc) is 3.14. The molecular weight excluding hydrogens is 450 g/mol. The van der Waals surface area contributed by atoms with E-state index in [4.69, 9.17) is 16.7 Å². The number of thiazole rings is 1. The highest BCUT2D eigenvalue weighted by Gasteiger charge is 2.40. The number of aliphatic hydroxyl groups excluding tert-OH is 2. The summed E-state index contributed by atoms with van der Waals surface area (Å²) in [6.45, 7) is -0.215. The maximum absolute atomic E-state index is 15.6. The molecule has 0 saturated carbocycles. The summed E-state index contributed by atoms with van der Waals surface area (Å²) in [6.07, 6.45) is 0.151.